The molecule has 3 nitrogen and oxygen atoms in total. The highest BCUT2D eigenvalue weighted by Gasteiger charge is 2.31. The molecule has 0 saturated heterocycles. The molecular weight excluding hydrogens is 255 g/mol. The van der Waals surface area contributed by atoms with E-state index in [9.17, 15) is 13.2 Å². The van der Waals surface area contributed by atoms with Crippen molar-refractivity contribution in [1.82, 2.24) is 10.4 Å². The molecule has 1 unspecified atom stereocenters. The molecule has 1 aromatic rings. The van der Waals surface area contributed by atoms with Crippen molar-refractivity contribution in [1.29, 1.82) is 0 Å². The SMILES string of the molecule is CC(C)(C)CCC(NN)c1ccc(C(F)(F)F)cn1. The Morgan fingerprint density at radius 1 is 1.26 bits per heavy atom. The van der Waals surface area contributed by atoms with Crippen LogP contribution in [0.5, 0.6) is 0 Å². The van der Waals surface area contributed by atoms with Gasteiger partial charge in [0.05, 0.1) is 17.3 Å². The fourth-order valence-corrected chi connectivity index (χ4v) is 1.67. The van der Waals surface area contributed by atoms with E-state index in [1.165, 1.54) is 6.07 Å². The maximum absolute atomic E-state index is 12.4. The zero-order chi connectivity index (χ0) is 14.7. The monoisotopic (exact) mass is 275 g/mol. The highest BCUT2D eigenvalue weighted by molar-refractivity contribution is 5.18. The Bertz CT molecular complexity index is 393. The fourth-order valence-electron chi connectivity index (χ4n) is 1.67. The average molecular weight is 275 g/mol. The van der Waals surface area contributed by atoms with Gasteiger partial charge in [0.25, 0.3) is 0 Å². The van der Waals surface area contributed by atoms with E-state index in [0.717, 1.165) is 25.1 Å². The summed E-state index contributed by atoms with van der Waals surface area (Å²) in [6.07, 6.45) is -1.90. The number of hydrogen-bond acceptors (Lipinski definition) is 3. The van der Waals surface area contributed by atoms with Gasteiger partial charge in [-0.15, -0.1) is 0 Å². The van der Waals surface area contributed by atoms with Crippen LogP contribution < -0.4 is 11.3 Å². The highest BCUT2D eigenvalue weighted by Crippen LogP contribution is 2.30. The van der Waals surface area contributed by atoms with Gasteiger partial charge >= 0.3 is 6.18 Å². The van der Waals surface area contributed by atoms with E-state index in [1.807, 2.05) is 0 Å². The summed E-state index contributed by atoms with van der Waals surface area (Å²) in [6.45, 7) is 6.29. The van der Waals surface area contributed by atoms with Crippen LogP contribution in [0, 0.1) is 5.41 Å². The van der Waals surface area contributed by atoms with E-state index >= 15 is 0 Å². The van der Waals surface area contributed by atoms with E-state index < -0.39 is 11.7 Å². The minimum atomic E-state index is -4.36. The molecular formula is C13H20F3N3. The molecule has 1 heterocycles. The van der Waals surface area contributed by atoms with Gasteiger partial charge < -0.3 is 0 Å². The van der Waals surface area contributed by atoms with Gasteiger partial charge in [-0.2, -0.15) is 13.2 Å². The maximum Gasteiger partial charge on any atom is 0.417 e. The van der Waals surface area contributed by atoms with E-state index in [4.69, 9.17) is 5.84 Å². The molecule has 1 rings (SSSR count). The summed E-state index contributed by atoms with van der Waals surface area (Å²) in [5, 5.41) is 0. The Morgan fingerprint density at radius 2 is 1.89 bits per heavy atom. The van der Waals surface area contributed by atoms with Crippen LogP contribution in [0.4, 0.5) is 13.2 Å². The Labute approximate surface area is 111 Å². The van der Waals surface area contributed by atoms with E-state index in [1.54, 1.807) is 0 Å². The molecule has 0 saturated carbocycles. The number of hydrazine groups is 1. The van der Waals surface area contributed by atoms with Gasteiger partial charge in [0.1, 0.15) is 0 Å². The van der Waals surface area contributed by atoms with Crippen molar-refractivity contribution >= 4 is 0 Å². The Balaban J connectivity index is 2.77. The normalized spacial score (nSPS) is 14.5. The number of alkyl halides is 3. The minimum Gasteiger partial charge on any atom is -0.271 e. The topological polar surface area (TPSA) is 50.9 Å². The van der Waals surface area contributed by atoms with Crippen LogP contribution >= 0.6 is 0 Å². The molecule has 3 N–H and O–H groups in total. The molecule has 0 aromatic carbocycles. The predicted molar refractivity (Wildman–Crippen MR) is 68.0 cm³/mol. The number of halogens is 3. The summed E-state index contributed by atoms with van der Waals surface area (Å²) in [7, 11) is 0. The number of nitrogens with zero attached hydrogens (tertiary/aromatic N) is 1. The van der Waals surface area contributed by atoms with Gasteiger partial charge in [-0.25, -0.2) is 0 Å². The lowest BCUT2D eigenvalue weighted by atomic mass is 9.88. The van der Waals surface area contributed by atoms with Gasteiger partial charge in [-0.05, 0) is 30.4 Å². The molecule has 1 atom stereocenters. The number of nitrogens with one attached hydrogen (secondary N) is 1. The van der Waals surface area contributed by atoms with Gasteiger partial charge in [0.2, 0.25) is 0 Å². The van der Waals surface area contributed by atoms with Crippen molar-refractivity contribution in [2.45, 2.75) is 45.8 Å². The third-order valence-electron chi connectivity index (χ3n) is 2.85. The first kappa shape index (κ1) is 15.9. The van der Waals surface area contributed by atoms with E-state index in [2.05, 4.69) is 31.2 Å². The number of pyridine rings is 1. The largest absolute Gasteiger partial charge is 0.417 e. The molecule has 6 heteroatoms. The number of aromatic nitrogens is 1. The molecule has 19 heavy (non-hydrogen) atoms. The van der Waals surface area contributed by atoms with Crippen molar-refractivity contribution in [3.8, 4) is 0 Å². The van der Waals surface area contributed by atoms with Gasteiger partial charge in [-0.3, -0.25) is 16.3 Å². The van der Waals surface area contributed by atoms with Crippen molar-refractivity contribution < 1.29 is 13.2 Å². The number of rotatable bonds is 4. The van der Waals surface area contributed by atoms with Crippen molar-refractivity contribution in [2.24, 2.45) is 11.3 Å². The van der Waals surface area contributed by atoms with Crippen LogP contribution in [0.15, 0.2) is 18.3 Å². The second kappa shape index (κ2) is 5.88. The van der Waals surface area contributed by atoms with Gasteiger partial charge in [0, 0.05) is 6.20 Å². The zero-order valence-corrected chi connectivity index (χ0v) is 11.4. The second-order valence-electron chi connectivity index (χ2n) is 5.79. The third kappa shape index (κ3) is 5.16. The fraction of sp³-hybridized carbons (Fsp3) is 0.615. The molecule has 0 amide bonds. The summed E-state index contributed by atoms with van der Waals surface area (Å²) in [4.78, 5) is 3.85. The standard InChI is InChI=1S/C13H20F3N3/c1-12(2,3)7-6-11(19-17)10-5-4-9(8-18-10)13(14,15)16/h4-5,8,11,19H,6-7,17H2,1-3H3. The Kier molecular flexibility index (Phi) is 4.92. The quantitative estimate of drug-likeness (QED) is 0.654. The lowest BCUT2D eigenvalue weighted by molar-refractivity contribution is -0.137. The molecule has 0 aliphatic rings. The van der Waals surface area contributed by atoms with Crippen LogP contribution in [-0.2, 0) is 6.18 Å². The zero-order valence-electron chi connectivity index (χ0n) is 11.4. The molecule has 0 bridgehead atoms. The highest BCUT2D eigenvalue weighted by atomic mass is 19.4. The molecule has 0 spiro atoms. The van der Waals surface area contributed by atoms with Crippen LogP contribution in [0.1, 0.15) is 50.9 Å². The predicted octanol–water partition coefficient (Wildman–Crippen LogP) is 3.43. The summed E-state index contributed by atoms with van der Waals surface area (Å²) in [6, 6.07) is 2.17. The van der Waals surface area contributed by atoms with Crippen LogP contribution in [-0.4, -0.2) is 4.98 Å². The van der Waals surface area contributed by atoms with Gasteiger partial charge in [-0.1, -0.05) is 20.8 Å². The maximum atomic E-state index is 12.4. The first-order chi connectivity index (χ1) is 8.63. The molecule has 0 aliphatic carbocycles. The molecule has 1 aromatic heterocycles. The van der Waals surface area contributed by atoms with Crippen LogP contribution in [0.3, 0.4) is 0 Å². The van der Waals surface area contributed by atoms with Crippen LogP contribution in [0.2, 0.25) is 0 Å². The average Bonchev–Trinajstić information content (AvgIpc) is 2.28. The lowest BCUT2D eigenvalue weighted by Gasteiger charge is -2.22. The first-order valence-electron chi connectivity index (χ1n) is 6.13. The van der Waals surface area contributed by atoms with Crippen molar-refractivity contribution in [3.05, 3.63) is 29.6 Å². The van der Waals surface area contributed by atoms with Gasteiger partial charge in [0.15, 0.2) is 0 Å². The third-order valence-corrected chi connectivity index (χ3v) is 2.85. The lowest BCUT2D eigenvalue weighted by Crippen LogP contribution is -2.29. The Hall–Kier alpha value is -1.14. The van der Waals surface area contributed by atoms with Crippen molar-refractivity contribution in [3.63, 3.8) is 0 Å². The smallest absolute Gasteiger partial charge is 0.271 e. The molecule has 0 aliphatic heterocycles. The minimum absolute atomic E-state index is 0.140. The Morgan fingerprint density at radius 3 is 2.26 bits per heavy atom. The number of hydrogen-bond donors (Lipinski definition) is 2. The van der Waals surface area contributed by atoms with Crippen molar-refractivity contribution in [2.75, 3.05) is 0 Å². The molecule has 108 valence electrons. The summed E-state index contributed by atoms with van der Waals surface area (Å²) < 4.78 is 37.3. The first-order valence-corrected chi connectivity index (χ1v) is 6.13. The second-order valence-corrected chi connectivity index (χ2v) is 5.79. The van der Waals surface area contributed by atoms with E-state index in [-0.39, 0.29) is 11.5 Å². The number of nitrogens with two attached hydrogens (primary N) is 1. The van der Waals surface area contributed by atoms with E-state index in [0.29, 0.717) is 5.69 Å². The molecule has 0 fully saturated rings. The molecule has 0 radical (unpaired) electrons. The van der Waals surface area contributed by atoms with Crippen LogP contribution in [0.25, 0.3) is 0 Å². The summed E-state index contributed by atoms with van der Waals surface area (Å²) >= 11 is 0. The summed E-state index contributed by atoms with van der Waals surface area (Å²) in [5.41, 5.74) is 2.53. The summed E-state index contributed by atoms with van der Waals surface area (Å²) in [5.74, 6) is 5.45.